The van der Waals surface area contributed by atoms with E-state index in [0.717, 1.165) is 12.1 Å². The normalized spacial score (nSPS) is 9.88. The molecule has 0 bridgehead atoms. The fourth-order valence-corrected chi connectivity index (χ4v) is 1.21. The molecule has 0 aliphatic heterocycles. The Kier molecular flexibility index (Phi) is 4.05. The molecule has 4 heteroatoms. The molecular formula is C12H16N2O2. The summed E-state index contributed by atoms with van der Waals surface area (Å²) in [4.78, 5) is 15.4. The van der Waals surface area contributed by atoms with Gasteiger partial charge in [0.15, 0.2) is 0 Å². The lowest BCUT2D eigenvalue weighted by Gasteiger charge is -2.05. The monoisotopic (exact) mass is 220 g/mol. The van der Waals surface area contributed by atoms with Gasteiger partial charge in [0.05, 0.1) is 0 Å². The van der Waals surface area contributed by atoms with Crippen LogP contribution in [-0.2, 0) is 29.6 Å². The van der Waals surface area contributed by atoms with E-state index in [1.165, 1.54) is 0 Å². The molecular weight excluding hydrogens is 204 g/mol. The van der Waals surface area contributed by atoms with Gasteiger partial charge in [-0.25, -0.2) is 9.78 Å². The largest absolute Gasteiger partial charge is 0.454 e. The summed E-state index contributed by atoms with van der Waals surface area (Å²) < 4.78 is 6.91. The molecule has 0 fully saturated rings. The third-order valence-corrected chi connectivity index (χ3v) is 2.21. The molecule has 0 unspecified atom stereocenters. The summed E-state index contributed by atoms with van der Waals surface area (Å²) in [7, 11) is 1.88. The second-order valence-corrected chi connectivity index (χ2v) is 3.57. The van der Waals surface area contributed by atoms with E-state index in [1.807, 2.05) is 11.6 Å². The van der Waals surface area contributed by atoms with E-state index in [0.29, 0.717) is 11.4 Å². The van der Waals surface area contributed by atoms with Gasteiger partial charge in [0.2, 0.25) is 0 Å². The lowest BCUT2D eigenvalue weighted by molar-refractivity contribution is -0.140. The van der Waals surface area contributed by atoms with Crippen LogP contribution in [0.2, 0.25) is 0 Å². The minimum atomic E-state index is -0.395. The third-order valence-electron chi connectivity index (χ3n) is 2.21. The highest BCUT2D eigenvalue weighted by Crippen LogP contribution is 2.06. The van der Waals surface area contributed by atoms with Gasteiger partial charge in [-0.15, -0.1) is 6.58 Å². The molecule has 0 radical (unpaired) electrons. The highest BCUT2D eigenvalue weighted by Gasteiger charge is 2.08. The molecule has 0 saturated carbocycles. The second-order valence-electron chi connectivity index (χ2n) is 3.57. The van der Waals surface area contributed by atoms with Crippen molar-refractivity contribution in [1.82, 2.24) is 9.55 Å². The van der Waals surface area contributed by atoms with E-state index < -0.39 is 5.97 Å². The van der Waals surface area contributed by atoms with Gasteiger partial charge in [-0.1, -0.05) is 12.7 Å². The van der Waals surface area contributed by atoms with E-state index >= 15 is 0 Å². The van der Waals surface area contributed by atoms with Crippen LogP contribution < -0.4 is 0 Å². The third kappa shape index (κ3) is 2.82. The zero-order valence-electron chi connectivity index (χ0n) is 9.69. The number of imidazole rings is 1. The molecule has 4 nitrogen and oxygen atoms in total. The number of hydrogen-bond donors (Lipinski definition) is 0. The Hall–Kier alpha value is -1.84. The fourth-order valence-electron chi connectivity index (χ4n) is 1.21. The Morgan fingerprint density at radius 3 is 2.94 bits per heavy atom. The zero-order valence-corrected chi connectivity index (χ0v) is 9.69. The van der Waals surface area contributed by atoms with Crippen molar-refractivity contribution < 1.29 is 9.53 Å². The molecule has 0 atom stereocenters. The number of carbonyl (C=O) groups excluding carboxylic acids is 1. The molecule has 0 aliphatic rings. The standard InChI is InChI=1S/C12H16N2O2/c1-5-6-10-7-13-11(14(10)4)8-16-12(15)9(2)3/h5,7H,1-2,6,8H2,3-4H3. The van der Waals surface area contributed by atoms with Gasteiger partial charge in [-0.2, -0.15) is 0 Å². The summed E-state index contributed by atoms with van der Waals surface area (Å²) in [5.74, 6) is 0.319. The van der Waals surface area contributed by atoms with Gasteiger partial charge in [0.1, 0.15) is 12.4 Å². The maximum atomic E-state index is 11.2. The Balaban J connectivity index is 2.64. The van der Waals surface area contributed by atoms with Crippen LogP contribution in [0, 0.1) is 0 Å². The number of allylic oxidation sites excluding steroid dienone is 1. The summed E-state index contributed by atoms with van der Waals surface area (Å²) in [5.41, 5.74) is 1.43. The molecule has 0 aromatic carbocycles. The Morgan fingerprint density at radius 2 is 2.38 bits per heavy atom. The molecule has 0 N–H and O–H groups in total. The first kappa shape index (κ1) is 12.2. The van der Waals surface area contributed by atoms with E-state index in [9.17, 15) is 4.79 Å². The first-order valence-electron chi connectivity index (χ1n) is 4.99. The number of esters is 1. The molecule has 86 valence electrons. The van der Waals surface area contributed by atoms with Gasteiger partial charge in [-0.3, -0.25) is 0 Å². The number of rotatable bonds is 5. The summed E-state index contributed by atoms with van der Waals surface area (Å²) in [6.07, 6.45) is 4.31. The lowest BCUT2D eigenvalue weighted by atomic mass is 10.3. The average Bonchev–Trinajstić information content (AvgIpc) is 2.58. The van der Waals surface area contributed by atoms with Crippen LogP contribution in [0.15, 0.2) is 31.0 Å². The Bertz CT molecular complexity index is 419. The maximum Gasteiger partial charge on any atom is 0.333 e. The van der Waals surface area contributed by atoms with Crippen LogP contribution in [0.1, 0.15) is 18.4 Å². The highest BCUT2D eigenvalue weighted by atomic mass is 16.5. The molecule has 1 aromatic rings. The smallest absolute Gasteiger partial charge is 0.333 e. The first-order valence-corrected chi connectivity index (χ1v) is 4.99. The summed E-state index contributed by atoms with van der Waals surface area (Å²) in [5, 5.41) is 0. The Morgan fingerprint density at radius 1 is 1.69 bits per heavy atom. The van der Waals surface area contributed by atoms with Crippen molar-refractivity contribution in [2.24, 2.45) is 7.05 Å². The predicted octanol–water partition coefficient (Wildman–Crippen LogP) is 1.77. The predicted molar refractivity (Wildman–Crippen MR) is 61.7 cm³/mol. The van der Waals surface area contributed by atoms with Crippen LogP contribution in [0.4, 0.5) is 0 Å². The number of aromatic nitrogens is 2. The number of hydrogen-bond acceptors (Lipinski definition) is 3. The van der Waals surface area contributed by atoms with Crippen molar-refractivity contribution in [2.45, 2.75) is 20.0 Å². The molecule has 16 heavy (non-hydrogen) atoms. The van der Waals surface area contributed by atoms with E-state index in [-0.39, 0.29) is 6.61 Å². The van der Waals surface area contributed by atoms with Crippen LogP contribution in [-0.4, -0.2) is 15.5 Å². The summed E-state index contributed by atoms with van der Waals surface area (Å²) >= 11 is 0. The molecule has 1 aromatic heterocycles. The van der Waals surface area contributed by atoms with E-state index in [4.69, 9.17) is 4.74 Å². The first-order chi connectivity index (χ1) is 7.56. The second kappa shape index (κ2) is 5.30. The van der Waals surface area contributed by atoms with Crippen LogP contribution in [0.5, 0.6) is 0 Å². The van der Waals surface area contributed by atoms with Crippen molar-refractivity contribution in [3.8, 4) is 0 Å². The van der Waals surface area contributed by atoms with Crippen molar-refractivity contribution >= 4 is 5.97 Å². The van der Waals surface area contributed by atoms with Crippen LogP contribution in [0.25, 0.3) is 0 Å². The van der Waals surface area contributed by atoms with Crippen LogP contribution >= 0.6 is 0 Å². The zero-order chi connectivity index (χ0) is 12.1. The van der Waals surface area contributed by atoms with Crippen molar-refractivity contribution in [1.29, 1.82) is 0 Å². The lowest BCUT2D eigenvalue weighted by Crippen LogP contribution is -2.09. The SMILES string of the molecule is C=CCc1cnc(COC(=O)C(=C)C)n1C. The molecule has 0 saturated heterocycles. The number of nitrogens with zero attached hydrogens (tertiary/aromatic N) is 2. The fraction of sp³-hybridized carbons (Fsp3) is 0.333. The van der Waals surface area contributed by atoms with Gasteiger partial charge >= 0.3 is 5.97 Å². The number of ether oxygens (including phenoxy) is 1. The summed E-state index contributed by atoms with van der Waals surface area (Å²) in [6, 6.07) is 0. The van der Waals surface area contributed by atoms with Gasteiger partial charge in [-0.05, 0) is 6.92 Å². The topological polar surface area (TPSA) is 44.1 Å². The maximum absolute atomic E-state index is 11.2. The highest BCUT2D eigenvalue weighted by molar-refractivity contribution is 5.86. The van der Waals surface area contributed by atoms with Gasteiger partial charge in [0.25, 0.3) is 0 Å². The van der Waals surface area contributed by atoms with E-state index in [1.54, 1.807) is 19.2 Å². The van der Waals surface area contributed by atoms with Crippen molar-refractivity contribution in [3.05, 3.63) is 42.5 Å². The van der Waals surface area contributed by atoms with Gasteiger partial charge in [0, 0.05) is 30.9 Å². The molecule has 1 rings (SSSR count). The number of carbonyl (C=O) groups is 1. The molecule has 0 spiro atoms. The van der Waals surface area contributed by atoms with E-state index in [2.05, 4.69) is 18.1 Å². The minimum absolute atomic E-state index is 0.166. The minimum Gasteiger partial charge on any atom is -0.454 e. The molecule has 1 heterocycles. The summed E-state index contributed by atoms with van der Waals surface area (Å²) in [6.45, 7) is 8.96. The van der Waals surface area contributed by atoms with Crippen LogP contribution in [0.3, 0.4) is 0 Å². The van der Waals surface area contributed by atoms with Gasteiger partial charge < -0.3 is 9.30 Å². The Labute approximate surface area is 95.3 Å². The van der Waals surface area contributed by atoms with Crippen molar-refractivity contribution in [3.63, 3.8) is 0 Å². The van der Waals surface area contributed by atoms with Crippen molar-refractivity contribution in [2.75, 3.05) is 0 Å². The molecule has 0 amide bonds. The molecule has 0 aliphatic carbocycles. The quantitative estimate of drug-likeness (QED) is 0.431. The average molecular weight is 220 g/mol.